The quantitative estimate of drug-likeness (QED) is 0.234. The molecule has 0 fully saturated rings. The summed E-state index contributed by atoms with van der Waals surface area (Å²) in [6.07, 6.45) is 0. The van der Waals surface area contributed by atoms with Crippen LogP contribution in [0.1, 0.15) is 0 Å². The van der Waals surface area contributed by atoms with Crippen LogP contribution < -0.4 is 22.8 Å². The molecule has 33 heavy (non-hydrogen) atoms. The van der Waals surface area contributed by atoms with E-state index in [4.69, 9.17) is 0 Å². The van der Waals surface area contributed by atoms with Crippen molar-refractivity contribution in [1.29, 1.82) is 0 Å². The Bertz CT molecular complexity index is 1220. The van der Waals surface area contributed by atoms with Crippen molar-refractivity contribution in [2.75, 3.05) is 0 Å². The topological polar surface area (TPSA) is 0 Å². The molecular formula is C30H24ClSiZr-3. The van der Waals surface area contributed by atoms with E-state index >= 15 is 0 Å². The van der Waals surface area contributed by atoms with Crippen LogP contribution in [0.15, 0.2) is 146 Å². The summed E-state index contributed by atoms with van der Waals surface area (Å²) in [6.45, 7) is 0. The van der Waals surface area contributed by atoms with Crippen LogP contribution in [0.5, 0.6) is 0 Å². The second-order valence-electron chi connectivity index (χ2n) is 7.42. The summed E-state index contributed by atoms with van der Waals surface area (Å²) in [7, 11) is 0. The van der Waals surface area contributed by atoms with E-state index in [1.54, 1.807) is 23.3 Å². The maximum Gasteiger partial charge on any atom is -0.0809 e. The first-order valence-electron chi connectivity index (χ1n) is 10.7. The molecule has 0 aliphatic rings. The van der Waals surface area contributed by atoms with Crippen LogP contribution in [-0.2, 0) is 23.3 Å². The van der Waals surface area contributed by atoms with Crippen LogP contribution >= 0.6 is 0 Å². The second kappa shape index (κ2) is 13.3. The molecule has 0 amide bonds. The zero-order valence-corrected chi connectivity index (χ0v) is 22.4. The fourth-order valence-electron chi connectivity index (χ4n) is 3.52. The first-order valence-corrected chi connectivity index (χ1v) is 15.9. The van der Waals surface area contributed by atoms with E-state index in [9.17, 15) is 0 Å². The molecule has 0 aliphatic carbocycles. The molecule has 162 valence electrons. The number of benzene rings is 4. The summed E-state index contributed by atoms with van der Waals surface area (Å²) >= 11 is 1.64. The van der Waals surface area contributed by atoms with Crippen LogP contribution in [0.3, 0.4) is 0 Å². The molecule has 0 saturated carbocycles. The van der Waals surface area contributed by atoms with Crippen molar-refractivity contribution in [2.24, 2.45) is 0 Å². The van der Waals surface area contributed by atoms with Gasteiger partial charge < -0.3 is 12.4 Å². The fraction of sp³-hybridized carbons (Fsp3) is 0. The molecule has 0 bridgehead atoms. The van der Waals surface area contributed by atoms with Crippen molar-refractivity contribution >= 4 is 37.4 Å². The zero-order chi connectivity index (χ0) is 22.0. The Morgan fingerprint density at radius 2 is 0.818 bits per heavy atom. The van der Waals surface area contributed by atoms with Gasteiger partial charge in [-0.1, -0.05) is 12.1 Å². The first kappa shape index (κ1) is 25.1. The van der Waals surface area contributed by atoms with Crippen molar-refractivity contribution in [3.05, 3.63) is 146 Å². The van der Waals surface area contributed by atoms with Crippen LogP contribution in [0.4, 0.5) is 0 Å². The van der Waals surface area contributed by atoms with Gasteiger partial charge in [-0.3, -0.25) is 0 Å². The molecule has 0 spiro atoms. The first-order chi connectivity index (χ1) is 15.8. The van der Waals surface area contributed by atoms with E-state index in [0.29, 0.717) is 0 Å². The third-order valence-electron chi connectivity index (χ3n) is 5.22. The van der Waals surface area contributed by atoms with E-state index < -0.39 is 5.43 Å². The van der Waals surface area contributed by atoms with Gasteiger partial charge in [-0.2, -0.15) is 35.0 Å². The standard InChI is InChI=1S/C12H10Si.2C9H7.ClH.Zr/c1-3-7-11(8-4-1)13-12-9-5-2-6-10-12;2*1-2-5-9-7-3-6-8(9)4-1;;/h1-10H;2*1-7H;1H;/q;2*-1;;/p-1. The maximum atomic E-state index is 2.25. The third kappa shape index (κ3) is 7.24. The summed E-state index contributed by atoms with van der Waals surface area (Å²) in [5, 5.41) is 8.36. The predicted molar refractivity (Wildman–Crippen MR) is 137 cm³/mol. The van der Waals surface area contributed by atoms with Gasteiger partial charge in [0, 0.05) is 0 Å². The van der Waals surface area contributed by atoms with E-state index in [0.717, 1.165) is 0 Å². The summed E-state index contributed by atoms with van der Waals surface area (Å²) in [6, 6.07) is 51.0. The van der Waals surface area contributed by atoms with Crippen molar-refractivity contribution < 1.29 is 35.7 Å². The van der Waals surface area contributed by atoms with Crippen LogP contribution in [0.2, 0.25) is 0 Å². The van der Waals surface area contributed by atoms with E-state index in [1.165, 1.54) is 31.9 Å². The molecule has 0 nitrogen and oxygen atoms in total. The number of hydrogen-bond acceptors (Lipinski definition) is 0. The Balaban J connectivity index is 0.000000142. The van der Waals surface area contributed by atoms with Crippen LogP contribution in [0, 0.1) is 0 Å². The Morgan fingerprint density at radius 1 is 0.455 bits per heavy atom. The molecule has 0 saturated heterocycles. The average molecular weight is 539 g/mol. The van der Waals surface area contributed by atoms with Crippen LogP contribution in [-0.4, -0.2) is 5.43 Å². The van der Waals surface area contributed by atoms with Crippen molar-refractivity contribution in [1.82, 2.24) is 0 Å². The molecule has 0 N–H and O–H groups in total. The number of hydrogen-bond donors (Lipinski definition) is 0. The molecule has 6 aromatic rings. The van der Waals surface area contributed by atoms with Gasteiger partial charge in [-0.05, 0) is 0 Å². The molecule has 0 aromatic heterocycles. The Labute approximate surface area is 217 Å². The normalized spacial score (nSPS) is 9.67. The number of halogens is 1. The molecule has 0 aliphatic heterocycles. The molecule has 0 heterocycles. The van der Waals surface area contributed by atoms with Gasteiger partial charge in [0.05, 0.1) is 0 Å². The van der Waals surface area contributed by atoms with E-state index in [1.807, 2.05) is 0 Å². The van der Waals surface area contributed by atoms with Gasteiger partial charge in [0.15, 0.2) is 0 Å². The third-order valence-corrected chi connectivity index (χ3v) is 11.3. The molecular weight excluding hydrogens is 515 g/mol. The van der Waals surface area contributed by atoms with Gasteiger partial charge in [0.1, 0.15) is 0 Å². The Kier molecular flexibility index (Phi) is 10.1. The van der Waals surface area contributed by atoms with Gasteiger partial charge in [-0.15, -0.1) is 59.3 Å². The summed E-state index contributed by atoms with van der Waals surface area (Å²) in [4.78, 5) is 0. The Hall–Kier alpha value is -2.51. The predicted octanol–water partition coefficient (Wildman–Crippen LogP) is 3.46. The number of fused-ring (bicyclic) bond motifs is 2. The summed E-state index contributed by atoms with van der Waals surface area (Å²) in [5.74, 6) is 0. The molecule has 0 atom stereocenters. The minimum Gasteiger partial charge on any atom is -0.168 e. The van der Waals surface area contributed by atoms with Crippen molar-refractivity contribution in [2.45, 2.75) is 0 Å². The largest absolute Gasteiger partial charge is 0.168 e. The fourth-order valence-corrected chi connectivity index (χ4v) is 7.36. The minimum atomic E-state index is -0.455. The average Bonchev–Trinajstić information content (AvgIpc) is 3.55. The van der Waals surface area contributed by atoms with E-state index in [2.05, 4.69) is 146 Å². The summed E-state index contributed by atoms with van der Waals surface area (Å²) < 4.78 is 0. The zero-order valence-electron chi connectivity index (χ0n) is 18.2. The maximum absolute atomic E-state index is 2.25. The molecule has 0 unspecified atom stereocenters. The smallest absolute Gasteiger partial charge is 0.0809 e. The molecule has 3 heteroatoms. The monoisotopic (exact) mass is 537 g/mol. The van der Waals surface area contributed by atoms with Gasteiger partial charge in [0.25, 0.3) is 0 Å². The SMILES string of the molecule is [Cl-].[Zr]=[Si](c1ccccc1)c1ccccc1.c1ccc2[cH-]ccc2c1.c1ccc2[cH-]ccc2c1. The minimum absolute atomic E-state index is 0. The number of rotatable bonds is 2. The van der Waals surface area contributed by atoms with Crippen LogP contribution in [0.25, 0.3) is 21.5 Å². The molecule has 0 radical (unpaired) electrons. The van der Waals surface area contributed by atoms with Gasteiger partial charge in [-0.25, -0.2) is 0 Å². The molecule has 6 rings (SSSR count). The van der Waals surface area contributed by atoms with E-state index in [-0.39, 0.29) is 12.4 Å². The van der Waals surface area contributed by atoms with Crippen molar-refractivity contribution in [3.63, 3.8) is 0 Å². The Morgan fingerprint density at radius 3 is 1.21 bits per heavy atom. The van der Waals surface area contributed by atoms with Gasteiger partial charge >= 0.3 is 99.8 Å². The second-order valence-corrected chi connectivity index (χ2v) is 13.0. The summed E-state index contributed by atoms with van der Waals surface area (Å²) in [5.41, 5.74) is -0.455. The van der Waals surface area contributed by atoms with Crippen molar-refractivity contribution in [3.8, 4) is 0 Å². The molecule has 6 aromatic carbocycles. The van der Waals surface area contributed by atoms with Gasteiger partial charge in [0.2, 0.25) is 0 Å².